The molecule has 0 saturated carbocycles. The van der Waals surface area contributed by atoms with Crippen LogP contribution in [-0.2, 0) is 0 Å². The predicted octanol–water partition coefficient (Wildman–Crippen LogP) is 2.95. The Bertz CT molecular complexity index is 490. The molecule has 0 fully saturated rings. The highest BCUT2D eigenvalue weighted by Crippen LogP contribution is 2.26. The van der Waals surface area contributed by atoms with Gasteiger partial charge in [-0.1, -0.05) is 30.0 Å². The van der Waals surface area contributed by atoms with Crippen LogP contribution in [0.3, 0.4) is 0 Å². The highest BCUT2D eigenvalue weighted by Gasteiger charge is 2.07. The van der Waals surface area contributed by atoms with E-state index in [0.717, 1.165) is 5.69 Å². The van der Waals surface area contributed by atoms with Gasteiger partial charge in [0.05, 0.1) is 13.3 Å². The number of benzene rings is 1. The van der Waals surface area contributed by atoms with Crippen molar-refractivity contribution in [3.8, 4) is 5.75 Å². The second-order valence-electron chi connectivity index (χ2n) is 3.26. The minimum absolute atomic E-state index is 0.631. The number of hydrogen-bond donors (Lipinski definition) is 1. The number of thioether (sulfide) groups is 1. The summed E-state index contributed by atoms with van der Waals surface area (Å²) in [4.78, 5) is 8.53. The fourth-order valence-corrected chi connectivity index (χ4v) is 1.69. The van der Waals surface area contributed by atoms with Gasteiger partial charge in [-0.2, -0.15) is 0 Å². The van der Waals surface area contributed by atoms with E-state index in [9.17, 15) is 0 Å². The Labute approximate surface area is 104 Å². The molecule has 0 unspecified atom stereocenters. The minimum Gasteiger partial charge on any atom is -0.491 e. The molecular weight excluding hydrogens is 234 g/mol. The molecule has 1 heterocycles. The normalized spacial score (nSPS) is 10.0. The van der Waals surface area contributed by atoms with Gasteiger partial charge >= 0.3 is 0 Å². The van der Waals surface area contributed by atoms with Crippen LogP contribution in [0.5, 0.6) is 5.75 Å². The van der Waals surface area contributed by atoms with Crippen LogP contribution in [0.15, 0.2) is 41.7 Å². The van der Waals surface area contributed by atoms with Crippen LogP contribution >= 0.6 is 11.8 Å². The highest BCUT2D eigenvalue weighted by atomic mass is 32.2. The quantitative estimate of drug-likeness (QED) is 0.665. The zero-order valence-corrected chi connectivity index (χ0v) is 10.5. The van der Waals surface area contributed by atoms with E-state index in [1.807, 2.05) is 36.6 Å². The molecule has 0 spiro atoms. The van der Waals surface area contributed by atoms with Crippen molar-refractivity contribution in [3.05, 3.63) is 36.5 Å². The molecule has 1 aromatic carbocycles. The first-order chi connectivity index (χ1) is 8.33. The summed E-state index contributed by atoms with van der Waals surface area (Å²) in [7, 11) is 1.60. The van der Waals surface area contributed by atoms with E-state index >= 15 is 0 Å². The molecule has 0 bridgehead atoms. The number of ether oxygens (including phenoxy) is 1. The highest BCUT2D eigenvalue weighted by molar-refractivity contribution is 7.98. The summed E-state index contributed by atoms with van der Waals surface area (Å²) >= 11 is 1.49. The SMILES string of the molecule is COc1cnc(SC)nc1Nc1ccccc1. The van der Waals surface area contributed by atoms with Gasteiger partial charge in [-0.15, -0.1) is 0 Å². The van der Waals surface area contributed by atoms with Crippen molar-refractivity contribution in [2.45, 2.75) is 5.16 Å². The molecule has 1 N–H and O–H groups in total. The Morgan fingerprint density at radius 2 is 2.00 bits per heavy atom. The van der Waals surface area contributed by atoms with Crippen LogP contribution in [0, 0.1) is 0 Å². The van der Waals surface area contributed by atoms with Crippen molar-refractivity contribution < 1.29 is 4.74 Å². The fourth-order valence-electron chi connectivity index (χ4n) is 1.35. The first-order valence-electron chi connectivity index (χ1n) is 5.10. The van der Waals surface area contributed by atoms with E-state index in [0.29, 0.717) is 16.7 Å². The lowest BCUT2D eigenvalue weighted by atomic mass is 10.3. The van der Waals surface area contributed by atoms with Crippen molar-refractivity contribution in [1.29, 1.82) is 0 Å². The monoisotopic (exact) mass is 247 g/mol. The van der Waals surface area contributed by atoms with Gasteiger partial charge in [0.25, 0.3) is 0 Å². The number of para-hydroxylation sites is 1. The zero-order chi connectivity index (χ0) is 12.1. The Kier molecular flexibility index (Phi) is 3.82. The van der Waals surface area contributed by atoms with Crippen molar-refractivity contribution in [1.82, 2.24) is 9.97 Å². The van der Waals surface area contributed by atoms with Crippen molar-refractivity contribution in [2.75, 3.05) is 18.7 Å². The molecular formula is C12H13N3OS. The number of hydrogen-bond acceptors (Lipinski definition) is 5. The lowest BCUT2D eigenvalue weighted by Crippen LogP contribution is -1.99. The van der Waals surface area contributed by atoms with E-state index in [2.05, 4.69) is 15.3 Å². The largest absolute Gasteiger partial charge is 0.491 e. The van der Waals surface area contributed by atoms with Crippen LogP contribution in [-0.4, -0.2) is 23.3 Å². The lowest BCUT2D eigenvalue weighted by Gasteiger charge is -2.10. The molecule has 5 heteroatoms. The Hall–Kier alpha value is -1.75. The Balaban J connectivity index is 2.30. The number of nitrogens with zero attached hydrogens (tertiary/aromatic N) is 2. The maximum absolute atomic E-state index is 5.22. The number of nitrogens with one attached hydrogen (secondary N) is 1. The average Bonchev–Trinajstić information content (AvgIpc) is 2.40. The smallest absolute Gasteiger partial charge is 0.189 e. The van der Waals surface area contributed by atoms with Gasteiger partial charge in [0, 0.05) is 5.69 Å². The zero-order valence-electron chi connectivity index (χ0n) is 9.68. The van der Waals surface area contributed by atoms with Gasteiger partial charge in [-0.05, 0) is 18.4 Å². The Morgan fingerprint density at radius 1 is 1.24 bits per heavy atom. The number of methoxy groups -OCH3 is 1. The van der Waals surface area contributed by atoms with Gasteiger partial charge in [-0.25, -0.2) is 9.97 Å². The molecule has 0 atom stereocenters. The number of anilines is 2. The third-order valence-electron chi connectivity index (χ3n) is 2.17. The Morgan fingerprint density at radius 3 is 2.65 bits per heavy atom. The summed E-state index contributed by atoms with van der Waals surface area (Å²) in [6.07, 6.45) is 3.61. The van der Waals surface area contributed by atoms with Crippen molar-refractivity contribution >= 4 is 23.3 Å². The molecule has 2 rings (SSSR count). The van der Waals surface area contributed by atoms with Crippen LogP contribution < -0.4 is 10.1 Å². The van der Waals surface area contributed by atoms with Crippen LogP contribution in [0.4, 0.5) is 11.5 Å². The molecule has 0 aliphatic rings. The molecule has 4 nitrogen and oxygen atoms in total. The van der Waals surface area contributed by atoms with E-state index < -0.39 is 0 Å². The molecule has 17 heavy (non-hydrogen) atoms. The van der Waals surface area contributed by atoms with Crippen LogP contribution in [0.25, 0.3) is 0 Å². The number of rotatable bonds is 4. The van der Waals surface area contributed by atoms with Gasteiger partial charge in [0.15, 0.2) is 16.7 Å². The van der Waals surface area contributed by atoms with E-state index in [-0.39, 0.29) is 0 Å². The molecule has 0 radical (unpaired) electrons. The van der Waals surface area contributed by atoms with Gasteiger partial charge in [0.2, 0.25) is 0 Å². The third-order valence-corrected chi connectivity index (χ3v) is 2.73. The lowest BCUT2D eigenvalue weighted by molar-refractivity contribution is 0.411. The topological polar surface area (TPSA) is 47.0 Å². The van der Waals surface area contributed by atoms with E-state index in [1.54, 1.807) is 13.3 Å². The molecule has 0 amide bonds. The van der Waals surface area contributed by atoms with Crippen molar-refractivity contribution in [2.24, 2.45) is 0 Å². The first-order valence-corrected chi connectivity index (χ1v) is 6.33. The maximum atomic E-state index is 5.22. The second kappa shape index (κ2) is 5.54. The average molecular weight is 247 g/mol. The first kappa shape index (κ1) is 11.7. The number of aromatic nitrogens is 2. The molecule has 88 valence electrons. The molecule has 0 aliphatic carbocycles. The maximum Gasteiger partial charge on any atom is 0.189 e. The summed E-state index contributed by atoms with van der Waals surface area (Å²) in [6, 6.07) is 9.84. The standard InChI is InChI=1S/C12H13N3OS/c1-16-10-8-13-12(17-2)15-11(10)14-9-6-4-3-5-7-9/h3-8H,1-2H3,(H,13,14,15). The summed E-state index contributed by atoms with van der Waals surface area (Å²) in [6.45, 7) is 0. The van der Waals surface area contributed by atoms with Crippen LogP contribution in [0.2, 0.25) is 0 Å². The van der Waals surface area contributed by atoms with Crippen LogP contribution in [0.1, 0.15) is 0 Å². The molecule has 0 aliphatic heterocycles. The fraction of sp³-hybridized carbons (Fsp3) is 0.167. The van der Waals surface area contributed by atoms with Crippen molar-refractivity contribution in [3.63, 3.8) is 0 Å². The molecule has 1 aromatic heterocycles. The summed E-state index contributed by atoms with van der Waals surface area (Å²) in [5, 5.41) is 3.92. The molecule has 0 saturated heterocycles. The van der Waals surface area contributed by atoms with Gasteiger partial charge in [-0.3, -0.25) is 0 Å². The van der Waals surface area contributed by atoms with E-state index in [4.69, 9.17) is 4.74 Å². The second-order valence-corrected chi connectivity index (χ2v) is 4.04. The van der Waals surface area contributed by atoms with Gasteiger partial charge < -0.3 is 10.1 Å². The van der Waals surface area contributed by atoms with E-state index in [1.165, 1.54) is 11.8 Å². The minimum atomic E-state index is 0.631. The third kappa shape index (κ3) is 2.88. The summed E-state index contributed by atoms with van der Waals surface area (Å²) < 4.78 is 5.22. The van der Waals surface area contributed by atoms with Gasteiger partial charge in [0.1, 0.15) is 0 Å². The summed E-state index contributed by atoms with van der Waals surface area (Å²) in [5.74, 6) is 1.31. The molecule has 2 aromatic rings. The predicted molar refractivity (Wildman–Crippen MR) is 70.1 cm³/mol. The summed E-state index contributed by atoms with van der Waals surface area (Å²) in [5.41, 5.74) is 0.969.